The molecule has 0 spiro atoms. The van der Waals surface area contributed by atoms with Crippen LogP contribution in [0.1, 0.15) is 27.8 Å². The standard InChI is InChI=1S/C42H44O5/c1-2-39(44-29-35-20-10-4-11-21-35)41(46-31-37-24-14-6-15-25-37)42(47-32-38-26-16-7-17-27-38)40(45-30-36-22-12-5-13-23-36)33-43-28-34-18-8-3-9-19-34/h2-27,39-42H,1,28-33H2/t39-,40-,41-,42-/m1/s1. The number of hydrogen-bond acceptors (Lipinski definition) is 5. The zero-order chi connectivity index (χ0) is 32.4. The van der Waals surface area contributed by atoms with E-state index in [9.17, 15) is 0 Å². The summed E-state index contributed by atoms with van der Waals surface area (Å²) in [5.41, 5.74) is 5.30. The van der Waals surface area contributed by atoms with Gasteiger partial charge in [-0.05, 0) is 27.8 Å². The van der Waals surface area contributed by atoms with Gasteiger partial charge in [-0.15, -0.1) is 6.58 Å². The molecule has 5 nitrogen and oxygen atoms in total. The van der Waals surface area contributed by atoms with Crippen molar-refractivity contribution < 1.29 is 23.7 Å². The quantitative estimate of drug-likeness (QED) is 0.0807. The zero-order valence-electron chi connectivity index (χ0n) is 26.8. The highest BCUT2D eigenvalue weighted by molar-refractivity contribution is 5.17. The summed E-state index contributed by atoms with van der Waals surface area (Å²) in [7, 11) is 0. The Morgan fingerprint density at radius 3 is 1.15 bits per heavy atom. The molecule has 4 atom stereocenters. The minimum atomic E-state index is -0.572. The first-order valence-electron chi connectivity index (χ1n) is 16.1. The molecule has 0 aliphatic heterocycles. The van der Waals surface area contributed by atoms with Crippen molar-refractivity contribution in [2.24, 2.45) is 0 Å². The lowest BCUT2D eigenvalue weighted by Gasteiger charge is -2.37. The molecule has 0 unspecified atom stereocenters. The number of hydrogen-bond donors (Lipinski definition) is 0. The van der Waals surface area contributed by atoms with Gasteiger partial charge in [0.1, 0.15) is 24.4 Å². The highest BCUT2D eigenvalue weighted by Crippen LogP contribution is 2.24. The van der Waals surface area contributed by atoms with E-state index in [0.29, 0.717) is 33.0 Å². The van der Waals surface area contributed by atoms with Crippen molar-refractivity contribution in [1.29, 1.82) is 0 Å². The smallest absolute Gasteiger partial charge is 0.116 e. The maximum Gasteiger partial charge on any atom is 0.116 e. The fourth-order valence-electron chi connectivity index (χ4n) is 5.27. The van der Waals surface area contributed by atoms with Crippen molar-refractivity contribution in [2.75, 3.05) is 6.61 Å². The second kappa shape index (κ2) is 19.3. The summed E-state index contributed by atoms with van der Waals surface area (Å²) < 4.78 is 33.1. The van der Waals surface area contributed by atoms with E-state index in [1.165, 1.54) is 0 Å². The third-order valence-electron chi connectivity index (χ3n) is 7.80. The molecule has 0 aromatic heterocycles. The van der Waals surface area contributed by atoms with Crippen LogP contribution in [-0.4, -0.2) is 31.0 Å². The van der Waals surface area contributed by atoms with Gasteiger partial charge in [-0.1, -0.05) is 158 Å². The van der Waals surface area contributed by atoms with Gasteiger partial charge in [0.25, 0.3) is 0 Å². The molecule has 0 amide bonds. The molecule has 0 N–H and O–H groups in total. The molecular weight excluding hydrogens is 584 g/mol. The summed E-state index contributed by atoms with van der Waals surface area (Å²) in [4.78, 5) is 0. The van der Waals surface area contributed by atoms with E-state index in [2.05, 4.69) is 55.1 Å². The van der Waals surface area contributed by atoms with Crippen molar-refractivity contribution in [1.82, 2.24) is 0 Å². The van der Waals surface area contributed by atoms with E-state index in [4.69, 9.17) is 23.7 Å². The first kappa shape index (κ1) is 34.0. The summed E-state index contributed by atoms with van der Waals surface area (Å²) >= 11 is 0. The monoisotopic (exact) mass is 628 g/mol. The Morgan fingerprint density at radius 1 is 0.404 bits per heavy atom. The highest BCUT2D eigenvalue weighted by Gasteiger charge is 2.37. The van der Waals surface area contributed by atoms with Crippen LogP contribution < -0.4 is 0 Å². The lowest BCUT2D eigenvalue weighted by Crippen LogP contribution is -2.50. The normalized spacial score (nSPS) is 13.8. The zero-order valence-corrected chi connectivity index (χ0v) is 26.8. The number of rotatable bonds is 20. The molecule has 5 heteroatoms. The highest BCUT2D eigenvalue weighted by atomic mass is 16.6. The third kappa shape index (κ3) is 11.4. The van der Waals surface area contributed by atoms with Gasteiger partial charge in [0.15, 0.2) is 0 Å². The minimum Gasteiger partial charge on any atom is -0.374 e. The van der Waals surface area contributed by atoms with Crippen LogP contribution in [0.25, 0.3) is 0 Å². The molecule has 242 valence electrons. The Kier molecular flexibility index (Phi) is 14.0. The van der Waals surface area contributed by atoms with Crippen molar-refractivity contribution in [2.45, 2.75) is 57.5 Å². The van der Waals surface area contributed by atoms with Crippen LogP contribution in [0.2, 0.25) is 0 Å². The fraction of sp³-hybridized carbons (Fsp3) is 0.238. The van der Waals surface area contributed by atoms with Crippen LogP contribution in [-0.2, 0) is 56.7 Å². The maximum atomic E-state index is 6.81. The Labute approximate surface area is 279 Å². The first-order valence-corrected chi connectivity index (χ1v) is 16.1. The fourth-order valence-corrected chi connectivity index (χ4v) is 5.27. The molecule has 5 aromatic rings. The summed E-state index contributed by atoms with van der Waals surface area (Å²) in [5.74, 6) is 0. The van der Waals surface area contributed by atoms with Gasteiger partial charge in [0.2, 0.25) is 0 Å². The van der Waals surface area contributed by atoms with Gasteiger partial charge in [-0.3, -0.25) is 0 Å². The van der Waals surface area contributed by atoms with Gasteiger partial charge in [0, 0.05) is 0 Å². The van der Waals surface area contributed by atoms with Gasteiger partial charge in [0.05, 0.1) is 39.6 Å². The minimum absolute atomic E-state index is 0.287. The van der Waals surface area contributed by atoms with Gasteiger partial charge < -0.3 is 23.7 Å². The van der Waals surface area contributed by atoms with Crippen molar-refractivity contribution in [3.05, 3.63) is 192 Å². The van der Waals surface area contributed by atoms with E-state index in [-0.39, 0.29) is 6.61 Å². The second-order valence-electron chi connectivity index (χ2n) is 11.4. The molecule has 0 radical (unpaired) electrons. The van der Waals surface area contributed by atoms with Crippen molar-refractivity contribution in [3.63, 3.8) is 0 Å². The topological polar surface area (TPSA) is 46.2 Å². The van der Waals surface area contributed by atoms with E-state index >= 15 is 0 Å². The van der Waals surface area contributed by atoms with E-state index < -0.39 is 24.4 Å². The second-order valence-corrected chi connectivity index (χ2v) is 11.4. The van der Waals surface area contributed by atoms with Gasteiger partial charge in [-0.25, -0.2) is 0 Å². The molecule has 0 aliphatic carbocycles. The summed E-state index contributed by atoms with van der Waals surface area (Å²) in [6.45, 7) is 6.42. The molecule has 47 heavy (non-hydrogen) atoms. The SMILES string of the molecule is C=C[C@@H](OCc1ccccc1)[C@@H](OCc1ccccc1)[C@H](OCc1ccccc1)[C@@H](COCc1ccccc1)OCc1ccccc1. The van der Waals surface area contributed by atoms with Crippen molar-refractivity contribution in [3.8, 4) is 0 Å². The molecule has 0 saturated carbocycles. The molecule has 0 saturated heterocycles. The Hall–Kier alpha value is -4.36. The maximum absolute atomic E-state index is 6.81. The molecule has 5 rings (SSSR count). The molecular formula is C42H44O5. The Balaban J connectivity index is 1.45. The van der Waals surface area contributed by atoms with Crippen LogP contribution in [0.4, 0.5) is 0 Å². The predicted molar refractivity (Wildman–Crippen MR) is 186 cm³/mol. The van der Waals surface area contributed by atoms with Crippen LogP contribution in [0, 0.1) is 0 Å². The van der Waals surface area contributed by atoms with E-state index in [0.717, 1.165) is 27.8 Å². The lowest BCUT2D eigenvalue weighted by atomic mass is 10.0. The van der Waals surface area contributed by atoms with Crippen LogP contribution in [0.5, 0.6) is 0 Å². The Morgan fingerprint density at radius 2 is 0.745 bits per heavy atom. The van der Waals surface area contributed by atoms with E-state index in [1.807, 2.05) is 103 Å². The first-order chi connectivity index (χ1) is 23.3. The average Bonchev–Trinajstić information content (AvgIpc) is 3.14. The number of benzene rings is 5. The molecule has 0 aliphatic rings. The largest absolute Gasteiger partial charge is 0.374 e. The van der Waals surface area contributed by atoms with Crippen LogP contribution >= 0.6 is 0 Å². The summed E-state index contributed by atoms with van der Waals surface area (Å²) in [5, 5.41) is 0. The molecule has 5 aromatic carbocycles. The molecule has 0 bridgehead atoms. The number of ether oxygens (including phenoxy) is 5. The average molecular weight is 629 g/mol. The summed E-state index contributed by atoms with van der Waals surface area (Å²) in [6.07, 6.45) is -0.336. The van der Waals surface area contributed by atoms with Crippen LogP contribution in [0.15, 0.2) is 164 Å². The third-order valence-corrected chi connectivity index (χ3v) is 7.80. The van der Waals surface area contributed by atoms with Gasteiger partial charge in [-0.2, -0.15) is 0 Å². The Bertz CT molecular complexity index is 1530. The molecule has 0 heterocycles. The van der Waals surface area contributed by atoms with Crippen LogP contribution in [0.3, 0.4) is 0 Å². The van der Waals surface area contributed by atoms with Gasteiger partial charge >= 0.3 is 0 Å². The van der Waals surface area contributed by atoms with E-state index in [1.54, 1.807) is 6.08 Å². The molecule has 0 fully saturated rings. The summed E-state index contributed by atoms with van der Waals surface area (Å²) in [6, 6.07) is 50.7. The predicted octanol–water partition coefficient (Wildman–Crippen LogP) is 8.73. The lowest BCUT2D eigenvalue weighted by molar-refractivity contribution is -0.192. The van der Waals surface area contributed by atoms with Crippen molar-refractivity contribution >= 4 is 0 Å².